The second-order valence-corrected chi connectivity index (χ2v) is 6.96. The number of likely N-dealkylation sites (tertiary alicyclic amines) is 1. The number of hydrogen-bond donors (Lipinski definition) is 1. The molecule has 1 N–H and O–H groups in total. The van der Waals surface area contributed by atoms with Crippen molar-refractivity contribution in [1.29, 1.82) is 0 Å². The topological polar surface area (TPSA) is 50.8 Å². The van der Waals surface area contributed by atoms with Crippen molar-refractivity contribution in [1.82, 2.24) is 4.90 Å². The predicted molar refractivity (Wildman–Crippen MR) is 107 cm³/mol. The lowest BCUT2D eigenvalue weighted by molar-refractivity contribution is 0.146. The van der Waals surface area contributed by atoms with E-state index in [9.17, 15) is 4.79 Å². The number of amides is 2. The quantitative estimate of drug-likeness (QED) is 0.752. The molecule has 2 amide bonds. The smallest absolute Gasteiger partial charge is 0.322 e. The molecular weight excluding hydrogens is 340 g/mol. The summed E-state index contributed by atoms with van der Waals surface area (Å²) in [6, 6.07) is 13.9. The van der Waals surface area contributed by atoms with Gasteiger partial charge in [-0.05, 0) is 55.5 Å². The van der Waals surface area contributed by atoms with Crippen molar-refractivity contribution in [2.75, 3.05) is 32.2 Å². The van der Waals surface area contributed by atoms with E-state index >= 15 is 0 Å². The minimum absolute atomic E-state index is 0.0609. The van der Waals surface area contributed by atoms with Gasteiger partial charge >= 0.3 is 6.03 Å². The van der Waals surface area contributed by atoms with Gasteiger partial charge in [0.25, 0.3) is 0 Å². The molecule has 0 radical (unpaired) electrons. The highest BCUT2D eigenvalue weighted by Gasteiger charge is 2.31. The number of nitrogens with one attached hydrogen (secondary N) is 1. The molecule has 0 aromatic heterocycles. The Kier molecular flexibility index (Phi) is 6.35. The molecule has 2 aromatic rings. The number of aryl methyl sites for hydroxylation is 2. The zero-order valence-corrected chi connectivity index (χ0v) is 16.3. The Balaban J connectivity index is 1.71. The van der Waals surface area contributed by atoms with Crippen LogP contribution in [0, 0.1) is 13.8 Å². The second-order valence-electron chi connectivity index (χ2n) is 6.96. The second kappa shape index (κ2) is 8.91. The van der Waals surface area contributed by atoms with Crippen LogP contribution < -0.4 is 10.1 Å². The maximum absolute atomic E-state index is 12.9. The van der Waals surface area contributed by atoms with E-state index in [0.29, 0.717) is 13.2 Å². The van der Waals surface area contributed by atoms with Gasteiger partial charge in [0.2, 0.25) is 0 Å². The minimum atomic E-state index is -0.0609. The summed E-state index contributed by atoms with van der Waals surface area (Å²) in [7, 11) is 1.64. The number of ether oxygens (including phenoxy) is 2. The van der Waals surface area contributed by atoms with Crippen molar-refractivity contribution in [2.24, 2.45) is 0 Å². The van der Waals surface area contributed by atoms with E-state index in [1.54, 1.807) is 7.11 Å². The number of hydrogen-bond acceptors (Lipinski definition) is 3. The fourth-order valence-electron chi connectivity index (χ4n) is 3.76. The van der Waals surface area contributed by atoms with Crippen LogP contribution in [-0.2, 0) is 4.74 Å². The summed E-state index contributed by atoms with van der Waals surface area (Å²) in [5.74, 6) is 0.720. The summed E-state index contributed by atoms with van der Waals surface area (Å²) in [6.07, 6.45) is 2.02. The third-order valence-corrected chi connectivity index (χ3v) is 5.03. The summed E-state index contributed by atoms with van der Waals surface area (Å²) in [5, 5.41) is 3.03. The lowest BCUT2D eigenvalue weighted by atomic mass is 9.94. The average molecular weight is 368 g/mol. The van der Waals surface area contributed by atoms with E-state index in [0.717, 1.165) is 30.8 Å². The number of carbonyl (C=O) groups is 1. The van der Waals surface area contributed by atoms with E-state index in [1.807, 2.05) is 29.2 Å². The molecule has 5 heteroatoms. The Bertz CT molecular complexity index is 771. The molecule has 1 heterocycles. The van der Waals surface area contributed by atoms with E-state index < -0.39 is 0 Å². The fourth-order valence-corrected chi connectivity index (χ4v) is 3.76. The van der Waals surface area contributed by atoms with Gasteiger partial charge < -0.3 is 19.7 Å². The van der Waals surface area contributed by atoms with Gasteiger partial charge in [-0.15, -0.1) is 0 Å². The van der Waals surface area contributed by atoms with E-state index in [1.165, 1.54) is 16.7 Å². The summed E-state index contributed by atoms with van der Waals surface area (Å²) < 4.78 is 10.6. The summed E-state index contributed by atoms with van der Waals surface area (Å²) >= 11 is 0. The minimum Gasteiger partial charge on any atom is -0.491 e. The van der Waals surface area contributed by atoms with Gasteiger partial charge in [-0.2, -0.15) is 0 Å². The molecule has 2 aromatic carbocycles. The normalized spacial score (nSPS) is 16.4. The van der Waals surface area contributed by atoms with E-state index in [-0.39, 0.29) is 12.1 Å². The van der Waals surface area contributed by atoms with Crippen LogP contribution in [0.2, 0.25) is 0 Å². The van der Waals surface area contributed by atoms with Gasteiger partial charge in [0.1, 0.15) is 12.4 Å². The lowest BCUT2D eigenvalue weighted by Gasteiger charge is -2.28. The Morgan fingerprint density at radius 3 is 2.63 bits per heavy atom. The number of rotatable bonds is 6. The molecule has 1 atom stereocenters. The van der Waals surface area contributed by atoms with E-state index in [2.05, 4.69) is 37.4 Å². The predicted octanol–water partition coefficient (Wildman–Crippen LogP) is 4.70. The average Bonchev–Trinajstić information content (AvgIpc) is 3.12. The summed E-state index contributed by atoms with van der Waals surface area (Å²) in [4.78, 5) is 14.9. The standard InChI is InChI=1S/C22H28N2O3/c1-16-7-4-8-17(2)21(16)20-11-6-12-24(20)22(25)23-18-9-5-10-19(15-18)27-14-13-26-3/h4-5,7-10,15,20H,6,11-14H2,1-3H3,(H,23,25). The Morgan fingerprint density at radius 2 is 1.89 bits per heavy atom. The van der Waals surface area contributed by atoms with Crippen molar-refractivity contribution in [3.05, 3.63) is 59.2 Å². The zero-order chi connectivity index (χ0) is 19.2. The maximum Gasteiger partial charge on any atom is 0.322 e. The van der Waals surface area contributed by atoms with Crippen molar-refractivity contribution in [2.45, 2.75) is 32.7 Å². The first-order chi connectivity index (χ1) is 13.1. The van der Waals surface area contributed by atoms with Gasteiger partial charge in [-0.25, -0.2) is 4.79 Å². The van der Waals surface area contributed by atoms with Crippen LogP contribution in [0.25, 0.3) is 0 Å². The maximum atomic E-state index is 12.9. The molecule has 0 spiro atoms. The largest absolute Gasteiger partial charge is 0.491 e. The highest BCUT2D eigenvalue weighted by molar-refractivity contribution is 5.90. The Hall–Kier alpha value is -2.53. The first-order valence-corrected chi connectivity index (χ1v) is 9.45. The van der Waals surface area contributed by atoms with Gasteiger partial charge in [-0.3, -0.25) is 0 Å². The van der Waals surface area contributed by atoms with Crippen molar-refractivity contribution in [3.63, 3.8) is 0 Å². The molecule has 1 fully saturated rings. The molecule has 1 aliphatic heterocycles. The number of nitrogens with zero attached hydrogens (tertiary/aromatic N) is 1. The Labute approximate surface area is 161 Å². The number of urea groups is 1. The van der Waals surface area contributed by atoms with Gasteiger partial charge in [0.15, 0.2) is 0 Å². The van der Waals surface area contributed by atoms with E-state index in [4.69, 9.17) is 9.47 Å². The summed E-state index contributed by atoms with van der Waals surface area (Å²) in [6.45, 7) is 6.03. The molecule has 1 unspecified atom stereocenters. The highest BCUT2D eigenvalue weighted by atomic mass is 16.5. The molecule has 0 saturated carbocycles. The molecule has 0 aliphatic carbocycles. The van der Waals surface area contributed by atoms with Crippen LogP contribution in [0.15, 0.2) is 42.5 Å². The monoisotopic (exact) mass is 368 g/mol. The first-order valence-electron chi connectivity index (χ1n) is 9.45. The van der Waals surface area contributed by atoms with Gasteiger partial charge in [-0.1, -0.05) is 24.3 Å². The molecule has 27 heavy (non-hydrogen) atoms. The van der Waals surface area contributed by atoms with Crippen molar-refractivity contribution in [3.8, 4) is 5.75 Å². The van der Waals surface area contributed by atoms with Gasteiger partial charge in [0, 0.05) is 25.4 Å². The third kappa shape index (κ3) is 4.61. The van der Waals surface area contributed by atoms with Crippen LogP contribution in [0.3, 0.4) is 0 Å². The molecule has 0 bridgehead atoms. The van der Waals surface area contributed by atoms with Crippen molar-refractivity contribution >= 4 is 11.7 Å². The first kappa shape index (κ1) is 19.2. The number of methoxy groups -OCH3 is 1. The number of anilines is 1. The number of benzene rings is 2. The van der Waals surface area contributed by atoms with Crippen LogP contribution in [0.4, 0.5) is 10.5 Å². The molecule has 1 saturated heterocycles. The summed E-state index contributed by atoms with van der Waals surface area (Å²) in [5.41, 5.74) is 4.50. The molecular formula is C22H28N2O3. The SMILES string of the molecule is COCCOc1cccc(NC(=O)N2CCCC2c2c(C)cccc2C)c1. The van der Waals surface area contributed by atoms with Crippen LogP contribution in [0.1, 0.15) is 35.6 Å². The number of carbonyl (C=O) groups excluding carboxylic acids is 1. The molecule has 144 valence electrons. The van der Waals surface area contributed by atoms with Crippen LogP contribution in [0.5, 0.6) is 5.75 Å². The molecule has 3 rings (SSSR count). The van der Waals surface area contributed by atoms with Crippen LogP contribution >= 0.6 is 0 Å². The third-order valence-electron chi connectivity index (χ3n) is 5.03. The molecule has 1 aliphatic rings. The Morgan fingerprint density at radius 1 is 1.15 bits per heavy atom. The zero-order valence-electron chi connectivity index (χ0n) is 16.3. The van der Waals surface area contributed by atoms with Gasteiger partial charge in [0.05, 0.1) is 12.6 Å². The highest BCUT2D eigenvalue weighted by Crippen LogP contribution is 2.36. The molecule has 5 nitrogen and oxygen atoms in total. The lowest BCUT2D eigenvalue weighted by Crippen LogP contribution is -2.35. The van der Waals surface area contributed by atoms with Crippen LogP contribution in [-0.4, -0.2) is 37.8 Å². The van der Waals surface area contributed by atoms with Crippen molar-refractivity contribution < 1.29 is 14.3 Å². The fraction of sp³-hybridized carbons (Fsp3) is 0.409.